The van der Waals surface area contributed by atoms with Gasteiger partial charge in [0.05, 0.1) is 23.7 Å². The summed E-state index contributed by atoms with van der Waals surface area (Å²) in [5.41, 5.74) is 6.20. The number of anilines is 1. The summed E-state index contributed by atoms with van der Waals surface area (Å²) in [6.07, 6.45) is 0.774. The lowest BCUT2D eigenvalue weighted by Crippen LogP contribution is -2.36. The van der Waals surface area contributed by atoms with E-state index in [0.717, 1.165) is 11.3 Å². The smallest absolute Gasteiger partial charge is 0.160 e. The Morgan fingerprint density at radius 2 is 2.00 bits per heavy atom. The molecular formula is C17H17Cl2N3O2S. The lowest BCUT2D eigenvalue weighted by Gasteiger charge is -2.27. The van der Waals surface area contributed by atoms with E-state index in [1.807, 2.05) is 0 Å². The topological polar surface area (TPSA) is 79.3 Å². The SMILES string of the molecule is CN.N#Cc1c(N2CCOCC2)sc(C=O)c1-c1ccc(Cl)cc1Cl. The second-order valence-corrected chi connectivity index (χ2v) is 6.85. The molecule has 8 heteroatoms. The van der Waals surface area contributed by atoms with Crippen LogP contribution >= 0.6 is 34.5 Å². The van der Waals surface area contributed by atoms with Crippen LogP contribution in [0.3, 0.4) is 0 Å². The van der Waals surface area contributed by atoms with E-state index in [9.17, 15) is 10.1 Å². The number of ether oxygens (including phenoxy) is 1. The molecule has 0 bridgehead atoms. The number of nitrogens with two attached hydrogens (primary N) is 1. The van der Waals surface area contributed by atoms with Gasteiger partial charge in [-0.05, 0) is 19.2 Å². The van der Waals surface area contributed by atoms with Crippen LogP contribution in [0.15, 0.2) is 18.2 Å². The summed E-state index contributed by atoms with van der Waals surface area (Å²) >= 11 is 13.5. The van der Waals surface area contributed by atoms with Crippen molar-refractivity contribution in [1.82, 2.24) is 0 Å². The number of benzene rings is 1. The maximum atomic E-state index is 11.5. The fourth-order valence-electron chi connectivity index (χ4n) is 2.57. The number of thiophene rings is 1. The molecule has 0 aliphatic carbocycles. The van der Waals surface area contributed by atoms with Crippen LogP contribution < -0.4 is 10.6 Å². The van der Waals surface area contributed by atoms with Crippen LogP contribution in [0, 0.1) is 11.3 Å². The number of carbonyl (C=O) groups is 1. The van der Waals surface area contributed by atoms with E-state index in [1.54, 1.807) is 18.2 Å². The number of halogens is 2. The molecular weight excluding hydrogens is 381 g/mol. The number of nitriles is 1. The molecule has 5 nitrogen and oxygen atoms in total. The van der Waals surface area contributed by atoms with Gasteiger partial charge in [0.1, 0.15) is 11.1 Å². The van der Waals surface area contributed by atoms with Crippen molar-refractivity contribution >= 4 is 45.8 Å². The molecule has 0 saturated carbocycles. The monoisotopic (exact) mass is 397 g/mol. The average molecular weight is 398 g/mol. The minimum absolute atomic E-state index is 0.420. The molecule has 1 aliphatic heterocycles. The van der Waals surface area contributed by atoms with Crippen LogP contribution in [0.2, 0.25) is 10.0 Å². The van der Waals surface area contributed by atoms with Gasteiger partial charge in [0.2, 0.25) is 0 Å². The van der Waals surface area contributed by atoms with Gasteiger partial charge in [0.15, 0.2) is 6.29 Å². The largest absolute Gasteiger partial charge is 0.378 e. The summed E-state index contributed by atoms with van der Waals surface area (Å²) in [6, 6.07) is 7.28. The van der Waals surface area contributed by atoms with Gasteiger partial charge in [-0.25, -0.2) is 0 Å². The Bertz CT molecular complexity index is 796. The van der Waals surface area contributed by atoms with Gasteiger partial charge >= 0.3 is 0 Å². The van der Waals surface area contributed by atoms with Crippen LogP contribution in [-0.2, 0) is 4.74 Å². The molecule has 2 N–H and O–H groups in total. The number of hydrogen-bond donors (Lipinski definition) is 1. The average Bonchev–Trinajstić information content (AvgIpc) is 3.02. The first-order valence-corrected chi connectivity index (χ1v) is 9.11. The van der Waals surface area contributed by atoms with Crippen molar-refractivity contribution < 1.29 is 9.53 Å². The molecule has 3 rings (SSSR count). The van der Waals surface area contributed by atoms with Gasteiger partial charge in [0, 0.05) is 34.3 Å². The third-order valence-electron chi connectivity index (χ3n) is 3.63. The highest BCUT2D eigenvalue weighted by Gasteiger charge is 2.25. The Morgan fingerprint density at radius 1 is 1.32 bits per heavy atom. The van der Waals surface area contributed by atoms with E-state index in [2.05, 4.69) is 16.7 Å². The highest BCUT2D eigenvalue weighted by Crippen LogP contribution is 2.43. The zero-order valence-corrected chi connectivity index (χ0v) is 15.9. The standard InChI is InChI=1S/C16H12Cl2N2O2S.CH5N/c17-10-1-2-11(13(18)7-10)15-12(8-19)16(23-14(15)9-21)20-3-5-22-6-4-20;1-2/h1-2,7,9H,3-6H2;2H2,1H3. The van der Waals surface area contributed by atoms with Crippen LogP contribution in [0.1, 0.15) is 15.2 Å². The maximum Gasteiger partial charge on any atom is 0.160 e. The molecule has 1 aromatic carbocycles. The van der Waals surface area contributed by atoms with Gasteiger partial charge < -0.3 is 15.4 Å². The molecule has 25 heavy (non-hydrogen) atoms. The predicted octanol–water partition coefficient (Wildman–Crippen LogP) is 3.82. The van der Waals surface area contributed by atoms with E-state index in [-0.39, 0.29) is 0 Å². The number of morpholine rings is 1. The van der Waals surface area contributed by atoms with Crippen molar-refractivity contribution in [3.05, 3.63) is 38.7 Å². The number of aldehydes is 1. The number of hydrogen-bond acceptors (Lipinski definition) is 6. The van der Waals surface area contributed by atoms with Crippen LogP contribution in [-0.4, -0.2) is 39.6 Å². The van der Waals surface area contributed by atoms with Crippen molar-refractivity contribution in [2.75, 3.05) is 38.3 Å². The van der Waals surface area contributed by atoms with Gasteiger partial charge in [-0.3, -0.25) is 4.79 Å². The molecule has 0 spiro atoms. The Balaban J connectivity index is 0.00000109. The van der Waals surface area contributed by atoms with Crippen molar-refractivity contribution in [2.24, 2.45) is 5.73 Å². The Hall–Kier alpha value is -1.62. The Morgan fingerprint density at radius 3 is 2.56 bits per heavy atom. The number of carbonyl (C=O) groups excluding carboxylic acids is 1. The molecule has 1 aliphatic rings. The third kappa shape index (κ3) is 4.14. The molecule has 1 saturated heterocycles. The van der Waals surface area contributed by atoms with Gasteiger partial charge in [0.25, 0.3) is 0 Å². The van der Waals surface area contributed by atoms with Crippen molar-refractivity contribution in [2.45, 2.75) is 0 Å². The van der Waals surface area contributed by atoms with Crippen LogP contribution in [0.25, 0.3) is 11.1 Å². The summed E-state index contributed by atoms with van der Waals surface area (Å²) < 4.78 is 5.35. The lowest BCUT2D eigenvalue weighted by molar-refractivity contribution is 0.112. The molecule has 1 fully saturated rings. The molecule has 1 aromatic heterocycles. The Kier molecular flexibility index (Phi) is 7.24. The predicted molar refractivity (Wildman–Crippen MR) is 103 cm³/mol. The highest BCUT2D eigenvalue weighted by molar-refractivity contribution is 7.18. The van der Waals surface area contributed by atoms with Crippen molar-refractivity contribution in [3.8, 4) is 17.2 Å². The normalized spacial score (nSPS) is 13.6. The zero-order chi connectivity index (χ0) is 18.4. The summed E-state index contributed by atoms with van der Waals surface area (Å²) in [5, 5.41) is 11.4. The first kappa shape index (κ1) is 19.7. The first-order valence-electron chi connectivity index (χ1n) is 7.53. The maximum absolute atomic E-state index is 11.5. The van der Waals surface area contributed by atoms with Crippen molar-refractivity contribution in [1.29, 1.82) is 5.26 Å². The highest BCUT2D eigenvalue weighted by atomic mass is 35.5. The summed E-state index contributed by atoms with van der Waals surface area (Å²) in [7, 11) is 1.50. The fourth-order valence-corrected chi connectivity index (χ4v) is 4.21. The number of nitrogens with zero attached hydrogens (tertiary/aromatic N) is 2. The third-order valence-corrected chi connectivity index (χ3v) is 5.36. The minimum atomic E-state index is 0.420. The molecule has 0 unspecified atom stereocenters. The summed E-state index contributed by atoms with van der Waals surface area (Å²) in [4.78, 5) is 14.1. The summed E-state index contributed by atoms with van der Waals surface area (Å²) in [5.74, 6) is 0. The fraction of sp³-hybridized carbons (Fsp3) is 0.294. The molecule has 0 radical (unpaired) electrons. The summed E-state index contributed by atoms with van der Waals surface area (Å²) in [6.45, 7) is 2.61. The first-order chi connectivity index (χ1) is 12.2. The minimum Gasteiger partial charge on any atom is -0.378 e. The van der Waals surface area contributed by atoms with Crippen molar-refractivity contribution in [3.63, 3.8) is 0 Å². The van der Waals surface area contributed by atoms with Gasteiger partial charge in [-0.2, -0.15) is 5.26 Å². The van der Waals surface area contributed by atoms with E-state index in [1.165, 1.54) is 18.4 Å². The van der Waals surface area contributed by atoms with Gasteiger partial charge in [-0.15, -0.1) is 11.3 Å². The van der Waals surface area contributed by atoms with E-state index < -0.39 is 0 Å². The van der Waals surface area contributed by atoms with E-state index >= 15 is 0 Å². The molecule has 2 aromatic rings. The van der Waals surface area contributed by atoms with Crippen LogP contribution in [0.4, 0.5) is 5.00 Å². The second kappa shape index (κ2) is 9.18. The second-order valence-electron chi connectivity index (χ2n) is 4.97. The molecule has 2 heterocycles. The van der Waals surface area contributed by atoms with Crippen LogP contribution in [0.5, 0.6) is 0 Å². The molecule has 0 amide bonds. The number of rotatable bonds is 3. The Labute approximate surface area is 160 Å². The zero-order valence-electron chi connectivity index (χ0n) is 13.6. The van der Waals surface area contributed by atoms with E-state index in [0.29, 0.717) is 57.9 Å². The quantitative estimate of drug-likeness (QED) is 0.796. The lowest BCUT2D eigenvalue weighted by atomic mass is 10.0. The molecule has 0 atom stereocenters. The molecule has 132 valence electrons. The van der Waals surface area contributed by atoms with Gasteiger partial charge in [-0.1, -0.05) is 29.3 Å². The van der Waals surface area contributed by atoms with E-state index in [4.69, 9.17) is 27.9 Å².